The van der Waals surface area contributed by atoms with Gasteiger partial charge in [0.05, 0.1) is 12.3 Å². The molecular formula is C22H31N5O4. The Labute approximate surface area is 181 Å². The van der Waals surface area contributed by atoms with Crippen LogP contribution in [0.3, 0.4) is 0 Å². The summed E-state index contributed by atoms with van der Waals surface area (Å²) >= 11 is 0. The molecule has 2 N–H and O–H groups in total. The highest BCUT2D eigenvalue weighted by molar-refractivity contribution is 5.92. The van der Waals surface area contributed by atoms with Crippen LogP contribution in [0.15, 0.2) is 29.3 Å². The summed E-state index contributed by atoms with van der Waals surface area (Å²) in [5, 5.41) is 20.4. The molecule has 9 heteroatoms. The smallest absolute Gasteiger partial charge is 0.271 e. The van der Waals surface area contributed by atoms with Crippen molar-refractivity contribution in [3.8, 4) is 5.75 Å². The van der Waals surface area contributed by atoms with Gasteiger partial charge in [-0.05, 0) is 38.0 Å². The molecule has 168 valence electrons. The quantitative estimate of drug-likeness (QED) is 0.600. The molecule has 2 aliphatic carbocycles. The number of rotatable bonds is 10. The monoisotopic (exact) mass is 429 g/mol. The van der Waals surface area contributed by atoms with Crippen LogP contribution in [0.1, 0.15) is 63.8 Å². The highest BCUT2D eigenvalue weighted by atomic mass is 16.5. The molecule has 0 spiro atoms. The number of aryl methyl sites for hydroxylation is 1. The van der Waals surface area contributed by atoms with E-state index in [1.54, 1.807) is 16.9 Å². The van der Waals surface area contributed by atoms with Crippen LogP contribution in [0.25, 0.3) is 0 Å². The average Bonchev–Trinajstić information content (AvgIpc) is 3.40. The molecule has 4 rings (SSSR count). The number of anilines is 1. The van der Waals surface area contributed by atoms with Gasteiger partial charge in [-0.25, -0.2) is 4.68 Å². The molecule has 1 amide bonds. The molecule has 0 aromatic carbocycles. The zero-order valence-electron chi connectivity index (χ0n) is 17.8. The van der Waals surface area contributed by atoms with E-state index < -0.39 is 6.04 Å². The third-order valence-corrected chi connectivity index (χ3v) is 6.22. The largest absolute Gasteiger partial charge is 0.489 e. The fraction of sp³-hybridized carbons (Fsp3) is 0.636. The SMILES string of the molecule is O=C(Nc1ccn(CCCO)n1)C(CC1CCCC1)n1ncc(OC2CCC2)cc1=O. The van der Waals surface area contributed by atoms with E-state index in [9.17, 15) is 9.59 Å². The fourth-order valence-electron chi connectivity index (χ4n) is 4.26. The topological polar surface area (TPSA) is 111 Å². The first-order chi connectivity index (χ1) is 15.1. The number of aliphatic hydroxyl groups is 1. The molecule has 31 heavy (non-hydrogen) atoms. The van der Waals surface area contributed by atoms with Crippen LogP contribution in [0.2, 0.25) is 0 Å². The van der Waals surface area contributed by atoms with E-state index in [0.29, 0.717) is 36.9 Å². The molecule has 2 aromatic rings. The lowest BCUT2D eigenvalue weighted by Gasteiger charge is -2.26. The Hall–Kier alpha value is -2.68. The standard InChI is InChI=1S/C22H31N5O4/c28-12-4-10-26-11-9-20(25-26)24-22(30)19(13-16-5-1-2-6-16)27-21(29)14-18(15-23-27)31-17-7-3-8-17/h9,11,14-17,19,28H,1-8,10,12-13H2,(H,24,25,30). The number of nitrogens with zero attached hydrogens (tertiary/aromatic N) is 4. The molecule has 9 nitrogen and oxygen atoms in total. The highest BCUT2D eigenvalue weighted by Crippen LogP contribution is 2.32. The van der Waals surface area contributed by atoms with Gasteiger partial charge in [0, 0.05) is 31.5 Å². The van der Waals surface area contributed by atoms with Crippen molar-refractivity contribution >= 4 is 11.7 Å². The molecule has 1 unspecified atom stereocenters. The van der Waals surface area contributed by atoms with Gasteiger partial charge in [0.25, 0.3) is 11.5 Å². The predicted octanol–water partition coefficient (Wildman–Crippen LogP) is 2.51. The van der Waals surface area contributed by atoms with E-state index in [1.165, 1.54) is 16.9 Å². The van der Waals surface area contributed by atoms with Crippen molar-refractivity contribution < 1.29 is 14.6 Å². The maximum atomic E-state index is 13.2. The van der Waals surface area contributed by atoms with E-state index in [1.807, 2.05) is 0 Å². The summed E-state index contributed by atoms with van der Waals surface area (Å²) in [7, 11) is 0. The van der Waals surface area contributed by atoms with Crippen LogP contribution < -0.4 is 15.6 Å². The van der Waals surface area contributed by atoms with Crippen molar-refractivity contribution in [3.05, 3.63) is 34.9 Å². The molecule has 2 heterocycles. The number of aliphatic hydroxyl groups excluding tert-OH is 1. The van der Waals surface area contributed by atoms with E-state index >= 15 is 0 Å². The molecule has 0 bridgehead atoms. The number of amides is 1. The van der Waals surface area contributed by atoms with Gasteiger partial charge >= 0.3 is 0 Å². The Morgan fingerprint density at radius 2 is 2.06 bits per heavy atom. The molecule has 0 radical (unpaired) electrons. The summed E-state index contributed by atoms with van der Waals surface area (Å²) in [6, 6.07) is 2.45. The maximum Gasteiger partial charge on any atom is 0.271 e. The number of carbonyl (C=O) groups is 1. The van der Waals surface area contributed by atoms with Crippen LogP contribution in [0.5, 0.6) is 5.75 Å². The lowest BCUT2D eigenvalue weighted by molar-refractivity contribution is -0.120. The van der Waals surface area contributed by atoms with E-state index in [0.717, 1.165) is 44.9 Å². The maximum absolute atomic E-state index is 13.2. The van der Waals surface area contributed by atoms with Gasteiger partial charge in [0.2, 0.25) is 0 Å². The second-order valence-electron chi connectivity index (χ2n) is 8.58. The summed E-state index contributed by atoms with van der Waals surface area (Å²) in [6.45, 7) is 0.654. The van der Waals surface area contributed by atoms with E-state index in [4.69, 9.17) is 9.84 Å². The predicted molar refractivity (Wildman–Crippen MR) is 115 cm³/mol. The van der Waals surface area contributed by atoms with Crippen molar-refractivity contribution in [1.29, 1.82) is 0 Å². The molecule has 2 aromatic heterocycles. The minimum Gasteiger partial charge on any atom is -0.489 e. The van der Waals surface area contributed by atoms with Crippen molar-refractivity contribution in [1.82, 2.24) is 19.6 Å². The van der Waals surface area contributed by atoms with Crippen molar-refractivity contribution in [2.45, 2.75) is 76.5 Å². The third-order valence-electron chi connectivity index (χ3n) is 6.22. The summed E-state index contributed by atoms with van der Waals surface area (Å²) < 4.78 is 8.74. The Morgan fingerprint density at radius 1 is 1.26 bits per heavy atom. The molecule has 2 aliphatic rings. The lowest BCUT2D eigenvalue weighted by Crippen LogP contribution is -2.36. The van der Waals surface area contributed by atoms with Crippen molar-refractivity contribution in [3.63, 3.8) is 0 Å². The van der Waals surface area contributed by atoms with Gasteiger partial charge in [0.15, 0.2) is 5.82 Å². The first-order valence-electron chi connectivity index (χ1n) is 11.3. The Kier molecular flexibility index (Phi) is 7.01. The second kappa shape index (κ2) is 10.1. The number of nitrogens with one attached hydrogen (secondary N) is 1. The zero-order chi connectivity index (χ0) is 21.6. The summed E-state index contributed by atoms with van der Waals surface area (Å²) in [5.41, 5.74) is -0.330. The lowest BCUT2D eigenvalue weighted by atomic mass is 9.96. The zero-order valence-corrected chi connectivity index (χ0v) is 17.8. The third kappa shape index (κ3) is 5.52. The van der Waals surface area contributed by atoms with Gasteiger partial charge in [-0.3, -0.25) is 14.3 Å². The number of carbonyl (C=O) groups excluding carboxylic acids is 1. The van der Waals surface area contributed by atoms with Gasteiger partial charge in [0.1, 0.15) is 11.8 Å². The van der Waals surface area contributed by atoms with Crippen molar-refractivity contribution in [2.24, 2.45) is 5.92 Å². The second-order valence-corrected chi connectivity index (χ2v) is 8.58. The number of ether oxygens (including phenoxy) is 1. The minimum absolute atomic E-state index is 0.0834. The first kappa shape index (κ1) is 21.5. The first-order valence-corrected chi connectivity index (χ1v) is 11.3. The molecule has 2 fully saturated rings. The van der Waals surface area contributed by atoms with Crippen LogP contribution in [-0.2, 0) is 11.3 Å². The summed E-state index contributed by atoms with van der Waals surface area (Å²) in [6.07, 6.45) is 12.2. The van der Waals surface area contributed by atoms with Crippen LogP contribution in [0.4, 0.5) is 5.82 Å². The highest BCUT2D eigenvalue weighted by Gasteiger charge is 2.29. The Morgan fingerprint density at radius 3 is 2.74 bits per heavy atom. The van der Waals surface area contributed by atoms with Crippen LogP contribution in [0, 0.1) is 5.92 Å². The summed E-state index contributed by atoms with van der Waals surface area (Å²) in [5.74, 6) is 1.00. The molecule has 1 atom stereocenters. The minimum atomic E-state index is -0.698. The molecule has 2 saturated carbocycles. The van der Waals surface area contributed by atoms with Crippen LogP contribution in [-0.4, -0.2) is 43.3 Å². The number of hydrogen-bond acceptors (Lipinski definition) is 6. The number of aromatic nitrogens is 4. The molecule has 0 saturated heterocycles. The van der Waals surface area contributed by atoms with Gasteiger partial charge in [-0.2, -0.15) is 10.2 Å². The van der Waals surface area contributed by atoms with Crippen LogP contribution >= 0.6 is 0 Å². The Balaban J connectivity index is 1.50. The fourth-order valence-corrected chi connectivity index (χ4v) is 4.26. The summed E-state index contributed by atoms with van der Waals surface area (Å²) in [4.78, 5) is 26.0. The van der Waals surface area contributed by atoms with Gasteiger partial charge in [-0.1, -0.05) is 25.7 Å². The van der Waals surface area contributed by atoms with Gasteiger partial charge < -0.3 is 15.2 Å². The Bertz CT molecular complexity index is 930. The normalized spacial score (nSPS) is 18.0. The van der Waals surface area contributed by atoms with Crippen molar-refractivity contribution in [2.75, 3.05) is 11.9 Å². The average molecular weight is 430 g/mol. The van der Waals surface area contributed by atoms with E-state index in [2.05, 4.69) is 15.5 Å². The van der Waals surface area contributed by atoms with E-state index in [-0.39, 0.29) is 24.2 Å². The molecular weight excluding hydrogens is 398 g/mol. The molecule has 0 aliphatic heterocycles. The number of hydrogen-bond donors (Lipinski definition) is 2. The van der Waals surface area contributed by atoms with Gasteiger partial charge in [-0.15, -0.1) is 0 Å².